The first-order chi connectivity index (χ1) is 11.5. The van der Waals surface area contributed by atoms with Gasteiger partial charge in [0.05, 0.1) is 0 Å². The Morgan fingerprint density at radius 2 is 2.08 bits per heavy atom. The quantitative estimate of drug-likeness (QED) is 0.904. The first-order valence-electron chi connectivity index (χ1n) is 8.22. The number of aromatic nitrogens is 3. The van der Waals surface area contributed by atoms with Crippen molar-refractivity contribution in [2.45, 2.75) is 32.7 Å². The van der Waals surface area contributed by atoms with Gasteiger partial charge in [0.1, 0.15) is 17.3 Å². The van der Waals surface area contributed by atoms with Crippen LogP contribution in [0.1, 0.15) is 43.1 Å². The highest BCUT2D eigenvalue weighted by atomic mass is 35.5. The highest BCUT2D eigenvalue weighted by Crippen LogP contribution is 2.20. The summed E-state index contributed by atoms with van der Waals surface area (Å²) in [6.45, 7) is 7.91. The van der Waals surface area contributed by atoms with Crippen molar-refractivity contribution in [3.05, 3.63) is 41.7 Å². The standard InChI is InChI=1S/C17H22FN5O.ClH/c1-11(2)16-20-15(17(24)22-9-8-19-12(3)10-22)21-23(16)14-7-5-4-6-13(14)18;/h4-7,11-12,19H,8-10H2,1-3H3;1H. The summed E-state index contributed by atoms with van der Waals surface area (Å²) >= 11 is 0. The predicted octanol–water partition coefficient (Wildman–Crippen LogP) is 2.39. The molecule has 1 aliphatic rings. The molecule has 0 spiro atoms. The maximum atomic E-state index is 14.1. The molecule has 2 heterocycles. The van der Waals surface area contributed by atoms with E-state index in [4.69, 9.17) is 0 Å². The van der Waals surface area contributed by atoms with E-state index in [0.717, 1.165) is 6.54 Å². The monoisotopic (exact) mass is 367 g/mol. The molecule has 1 amide bonds. The van der Waals surface area contributed by atoms with Gasteiger partial charge in [-0.25, -0.2) is 14.1 Å². The van der Waals surface area contributed by atoms with Gasteiger partial charge in [0, 0.05) is 31.6 Å². The Hall–Kier alpha value is -1.99. The summed E-state index contributed by atoms with van der Waals surface area (Å²) < 4.78 is 15.6. The van der Waals surface area contributed by atoms with Gasteiger partial charge < -0.3 is 10.2 Å². The number of hydrogen-bond acceptors (Lipinski definition) is 4. The van der Waals surface area contributed by atoms with E-state index < -0.39 is 0 Å². The van der Waals surface area contributed by atoms with Crippen LogP contribution in [-0.2, 0) is 0 Å². The number of amides is 1. The number of carbonyl (C=O) groups excluding carboxylic acids is 1. The van der Waals surface area contributed by atoms with Crippen LogP contribution in [-0.4, -0.2) is 51.2 Å². The lowest BCUT2D eigenvalue weighted by atomic mass is 10.2. The van der Waals surface area contributed by atoms with Crippen LogP contribution in [0.25, 0.3) is 5.69 Å². The summed E-state index contributed by atoms with van der Waals surface area (Å²) in [4.78, 5) is 18.9. The Balaban J connectivity index is 0.00000225. The number of halogens is 2. The Morgan fingerprint density at radius 1 is 1.36 bits per heavy atom. The average Bonchev–Trinajstić information content (AvgIpc) is 3.00. The number of hydrogen-bond donors (Lipinski definition) is 1. The SMILES string of the molecule is CC1CN(C(=O)c2nc(C(C)C)n(-c3ccccc3F)n2)CCN1.Cl. The molecule has 8 heteroatoms. The molecule has 1 atom stereocenters. The number of rotatable bonds is 3. The van der Waals surface area contributed by atoms with Crippen molar-refractivity contribution in [2.75, 3.05) is 19.6 Å². The van der Waals surface area contributed by atoms with E-state index in [1.54, 1.807) is 23.1 Å². The molecule has 1 aromatic carbocycles. The number of benzene rings is 1. The van der Waals surface area contributed by atoms with Crippen molar-refractivity contribution in [3.8, 4) is 5.69 Å². The van der Waals surface area contributed by atoms with E-state index in [1.165, 1.54) is 10.7 Å². The first-order valence-corrected chi connectivity index (χ1v) is 8.22. The zero-order valence-corrected chi connectivity index (χ0v) is 15.4. The molecule has 1 fully saturated rings. The maximum Gasteiger partial charge on any atom is 0.293 e. The minimum absolute atomic E-state index is 0. The summed E-state index contributed by atoms with van der Waals surface area (Å²) in [5.41, 5.74) is 0.307. The molecule has 136 valence electrons. The normalized spacial score (nSPS) is 17.5. The Bertz CT molecular complexity index is 748. The summed E-state index contributed by atoms with van der Waals surface area (Å²) in [7, 11) is 0. The van der Waals surface area contributed by atoms with Crippen molar-refractivity contribution in [1.29, 1.82) is 0 Å². The van der Waals surface area contributed by atoms with Crippen LogP contribution in [0, 0.1) is 5.82 Å². The fourth-order valence-corrected chi connectivity index (χ4v) is 2.85. The maximum absolute atomic E-state index is 14.1. The largest absolute Gasteiger partial charge is 0.333 e. The minimum Gasteiger partial charge on any atom is -0.333 e. The average molecular weight is 368 g/mol. The van der Waals surface area contributed by atoms with Gasteiger partial charge in [0.2, 0.25) is 5.82 Å². The molecule has 0 bridgehead atoms. The lowest BCUT2D eigenvalue weighted by Crippen LogP contribution is -2.51. The molecule has 1 saturated heterocycles. The van der Waals surface area contributed by atoms with E-state index >= 15 is 0 Å². The molecular formula is C17H23ClFN5O. The molecule has 0 aliphatic carbocycles. The molecule has 2 aromatic rings. The number of carbonyl (C=O) groups is 1. The summed E-state index contributed by atoms with van der Waals surface area (Å²) in [5.74, 6) is 0.114. The van der Waals surface area contributed by atoms with Gasteiger partial charge >= 0.3 is 0 Å². The summed E-state index contributed by atoms with van der Waals surface area (Å²) in [6.07, 6.45) is 0. The van der Waals surface area contributed by atoms with Crippen molar-refractivity contribution in [3.63, 3.8) is 0 Å². The molecular weight excluding hydrogens is 345 g/mol. The van der Waals surface area contributed by atoms with Crippen LogP contribution < -0.4 is 5.32 Å². The van der Waals surface area contributed by atoms with Gasteiger partial charge in [-0.15, -0.1) is 17.5 Å². The predicted molar refractivity (Wildman–Crippen MR) is 96.0 cm³/mol. The molecule has 0 saturated carbocycles. The van der Waals surface area contributed by atoms with Crippen LogP contribution in [0.5, 0.6) is 0 Å². The second-order valence-corrected chi connectivity index (χ2v) is 6.42. The molecule has 1 aromatic heterocycles. The van der Waals surface area contributed by atoms with Crippen molar-refractivity contribution >= 4 is 18.3 Å². The van der Waals surface area contributed by atoms with Gasteiger partial charge in [0.25, 0.3) is 5.91 Å². The second kappa shape index (κ2) is 7.93. The number of para-hydroxylation sites is 1. The third kappa shape index (κ3) is 3.99. The van der Waals surface area contributed by atoms with E-state index in [-0.39, 0.29) is 41.9 Å². The molecule has 0 radical (unpaired) electrons. The van der Waals surface area contributed by atoms with Gasteiger partial charge in [-0.2, -0.15) is 0 Å². The minimum atomic E-state index is -0.390. The third-order valence-electron chi connectivity index (χ3n) is 4.08. The summed E-state index contributed by atoms with van der Waals surface area (Å²) in [5, 5.41) is 7.61. The zero-order chi connectivity index (χ0) is 17.3. The fraction of sp³-hybridized carbons (Fsp3) is 0.471. The van der Waals surface area contributed by atoms with E-state index in [9.17, 15) is 9.18 Å². The molecule has 1 unspecified atom stereocenters. The van der Waals surface area contributed by atoms with Crippen LogP contribution >= 0.6 is 12.4 Å². The van der Waals surface area contributed by atoms with Crippen LogP contribution in [0.15, 0.2) is 24.3 Å². The van der Waals surface area contributed by atoms with Crippen molar-refractivity contribution < 1.29 is 9.18 Å². The van der Waals surface area contributed by atoms with Gasteiger partial charge in [-0.3, -0.25) is 4.79 Å². The lowest BCUT2D eigenvalue weighted by Gasteiger charge is -2.31. The third-order valence-corrected chi connectivity index (χ3v) is 4.08. The molecule has 1 N–H and O–H groups in total. The van der Waals surface area contributed by atoms with Gasteiger partial charge in [0.15, 0.2) is 0 Å². The highest BCUT2D eigenvalue weighted by molar-refractivity contribution is 5.90. The molecule has 3 rings (SSSR count). The van der Waals surface area contributed by atoms with Gasteiger partial charge in [-0.05, 0) is 19.1 Å². The smallest absolute Gasteiger partial charge is 0.293 e. The zero-order valence-electron chi connectivity index (χ0n) is 14.6. The van der Waals surface area contributed by atoms with Crippen molar-refractivity contribution in [1.82, 2.24) is 25.0 Å². The second-order valence-electron chi connectivity index (χ2n) is 6.42. The molecule has 6 nitrogen and oxygen atoms in total. The number of piperazine rings is 1. The lowest BCUT2D eigenvalue weighted by molar-refractivity contribution is 0.0696. The molecule has 25 heavy (non-hydrogen) atoms. The van der Waals surface area contributed by atoms with E-state index in [2.05, 4.69) is 15.4 Å². The van der Waals surface area contributed by atoms with Crippen LogP contribution in [0.4, 0.5) is 4.39 Å². The first kappa shape index (κ1) is 19.3. The number of nitrogens with zero attached hydrogens (tertiary/aromatic N) is 4. The number of nitrogens with one attached hydrogen (secondary N) is 1. The fourth-order valence-electron chi connectivity index (χ4n) is 2.85. The molecule has 1 aliphatic heterocycles. The van der Waals surface area contributed by atoms with Gasteiger partial charge in [-0.1, -0.05) is 26.0 Å². The van der Waals surface area contributed by atoms with Crippen LogP contribution in [0.2, 0.25) is 0 Å². The summed E-state index contributed by atoms with van der Waals surface area (Å²) in [6, 6.07) is 6.61. The van der Waals surface area contributed by atoms with E-state index in [1.807, 2.05) is 20.8 Å². The Morgan fingerprint density at radius 3 is 2.72 bits per heavy atom. The Labute approximate surface area is 152 Å². The van der Waals surface area contributed by atoms with Crippen molar-refractivity contribution in [2.24, 2.45) is 0 Å². The Kier molecular flexibility index (Phi) is 6.13. The topological polar surface area (TPSA) is 63.1 Å². The van der Waals surface area contributed by atoms with E-state index in [0.29, 0.717) is 24.6 Å². The highest BCUT2D eigenvalue weighted by Gasteiger charge is 2.27. The van der Waals surface area contributed by atoms with Crippen LogP contribution in [0.3, 0.4) is 0 Å².